The molecule has 2 heterocycles. The summed E-state index contributed by atoms with van der Waals surface area (Å²) < 4.78 is 21.5. The molecule has 3 N–H and O–H groups in total. The monoisotopic (exact) mass is 583 g/mol. The summed E-state index contributed by atoms with van der Waals surface area (Å²) in [4.78, 5) is 52.5. The van der Waals surface area contributed by atoms with Crippen molar-refractivity contribution in [3.8, 4) is 0 Å². The van der Waals surface area contributed by atoms with E-state index in [1.807, 2.05) is 0 Å². The van der Waals surface area contributed by atoms with Crippen LogP contribution in [0.4, 0.5) is 19.8 Å². The van der Waals surface area contributed by atoms with Gasteiger partial charge in [-0.05, 0) is 68.9 Å². The van der Waals surface area contributed by atoms with Crippen molar-refractivity contribution < 1.29 is 28.4 Å². The molecule has 2 aromatic carbocycles. The second kappa shape index (κ2) is 10.7. The number of benzene rings is 2. The van der Waals surface area contributed by atoms with E-state index < -0.39 is 35.6 Å². The third kappa shape index (κ3) is 6.14. The third-order valence-corrected chi connectivity index (χ3v) is 7.43. The van der Waals surface area contributed by atoms with Crippen molar-refractivity contribution in [2.24, 2.45) is 11.7 Å². The highest BCUT2D eigenvalue weighted by atomic mass is 35.5. The van der Waals surface area contributed by atoms with Gasteiger partial charge in [-0.3, -0.25) is 14.2 Å². The Bertz CT molecular complexity index is 1550. The maximum absolute atomic E-state index is 15.0. The third-order valence-electron chi connectivity index (χ3n) is 7.19. The van der Waals surface area contributed by atoms with Crippen molar-refractivity contribution >= 4 is 52.1 Å². The Morgan fingerprint density at radius 2 is 1.88 bits per heavy atom. The minimum Gasteiger partial charge on any atom is -0.460 e. The molecular weight excluding hydrogens is 553 g/mol. The minimum absolute atomic E-state index is 0.0194. The molecule has 1 aliphatic heterocycles. The lowest BCUT2D eigenvalue weighted by Crippen LogP contribution is -2.48. The number of nitrogens with zero attached hydrogens (tertiary/aromatic N) is 3. The maximum Gasteiger partial charge on any atom is 0.323 e. The van der Waals surface area contributed by atoms with Gasteiger partial charge in [0.1, 0.15) is 11.6 Å². The fourth-order valence-electron chi connectivity index (χ4n) is 5.39. The number of piperidine rings is 1. The number of carbonyl (C=O) groups excluding carboxylic acids is 4. The number of urea groups is 1. The van der Waals surface area contributed by atoms with Gasteiger partial charge in [0.2, 0.25) is 0 Å². The van der Waals surface area contributed by atoms with Gasteiger partial charge in [-0.15, -0.1) is 0 Å². The molecule has 1 aromatic heterocycles. The maximum atomic E-state index is 15.0. The van der Waals surface area contributed by atoms with E-state index >= 15 is 0 Å². The van der Waals surface area contributed by atoms with Gasteiger partial charge in [0, 0.05) is 22.6 Å². The van der Waals surface area contributed by atoms with E-state index in [-0.39, 0.29) is 30.0 Å². The fourth-order valence-corrected chi connectivity index (χ4v) is 5.61. The van der Waals surface area contributed by atoms with E-state index in [9.17, 15) is 23.7 Å². The summed E-state index contributed by atoms with van der Waals surface area (Å²) in [6.07, 6.45) is 2.47. The van der Waals surface area contributed by atoms with Gasteiger partial charge in [0.15, 0.2) is 0 Å². The molecule has 0 unspecified atom stereocenters. The number of nitrogens with two attached hydrogens (primary N) is 1. The van der Waals surface area contributed by atoms with E-state index in [1.54, 1.807) is 63.2 Å². The van der Waals surface area contributed by atoms with Crippen LogP contribution in [-0.4, -0.2) is 56.2 Å². The second-order valence-corrected chi connectivity index (χ2v) is 11.9. The minimum atomic E-state index is -0.965. The molecule has 1 aliphatic carbocycles. The number of halogens is 2. The SMILES string of the molecule is CC(C)(C)OC(=O)Cc1ccc2c(NC(=O)N3[C@@H]4C[C@@H]4C[C@H]3C(=O)N(F)Cc3cccc(Cl)c3)cn(C(N)=O)c2c1. The Kier molecular flexibility index (Phi) is 7.41. The Balaban J connectivity index is 1.34. The van der Waals surface area contributed by atoms with Gasteiger partial charge in [-0.25, -0.2) is 9.59 Å². The zero-order valence-electron chi connectivity index (χ0n) is 22.9. The van der Waals surface area contributed by atoms with Crippen LogP contribution < -0.4 is 11.1 Å². The topological polar surface area (TPSA) is 127 Å². The molecule has 4 amide bonds. The predicted octanol–water partition coefficient (Wildman–Crippen LogP) is 5.01. The zero-order valence-corrected chi connectivity index (χ0v) is 23.7. The van der Waals surface area contributed by atoms with Gasteiger partial charge in [-0.2, -0.15) is 5.12 Å². The van der Waals surface area contributed by atoms with Gasteiger partial charge in [-0.1, -0.05) is 40.3 Å². The average Bonchev–Trinajstić information content (AvgIpc) is 3.38. The van der Waals surface area contributed by atoms with Crippen molar-refractivity contribution in [2.45, 2.75) is 64.3 Å². The molecule has 2 aliphatic rings. The number of esters is 1. The van der Waals surface area contributed by atoms with Crippen molar-refractivity contribution in [1.82, 2.24) is 14.6 Å². The standard InChI is InChI=1S/C29H31ClFN5O5/c1-29(2,3)41-25(37)11-16-7-8-20-21(15-34(27(32)39)23(20)10-16)33-28(40)36-22-12-18(22)13-24(36)26(38)35(31)14-17-5-4-6-19(30)9-17/h4-10,15,18,22,24H,11-14H2,1-3H3,(H2,32,39)(H,33,40)/t18-,22-,24+/m1/s1. The van der Waals surface area contributed by atoms with Crippen molar-refractivity contribution in [1.29, 1.82) is 0 Å². The Morgan fingerprint density at radius 1 is 1.12 bits per heavy atom. The number of primary amides is 1. The molecule has 12 heteroatoms. The van der Waals surface area contributed by atoms with Gasteiger partial charge >= 0.3 is 18.0 Å². The van der Waals surface area contributed by atoms with Gasteiger partial charge < -0.3 is 20.7 Å². The van der Waals surface area contributed by atoms with Gasteiger partial charge in [0.25, 0.3) is 5.91 Å². The molecule has 41 heavy (non-hydrogen) atoms. The summed E-state index contributed by atoms with van der Waals surface area (Å²) in [6.45, 7) is 5.02. The number of rotatable bonds is 6. The molecule has 3 atom stereocenters. The van der Waals surface area contributed by atoms with E-state index in [2.05, 4.69) is 5.32 Å². The number of fused-ring (bicyclic) bond motifs is 2. The highest BCUT2D eigenvalue weighted by Crippen LogP contribution is 2.48. The second-order valence-electron chi connectivity index (χ2n) is 11.5. The number of amides is 4. The summed E-state index contributed by atoms with van der Waals surface area (Å²) in [5, 5.41) is 3.84. The normalized spacial score (nSPS) is 19.5. The number of aromatic nitrogens is 1. The lowest BCUT2D eigenvalue weighted by molar-refractivity contribution is -0.154. The number of ether oxygens (including phenoxy) is 1. The molecule has 0 radical (unpaired) electrons. The van der Waals surface area contributed by atoms with E-state index in [4.69, 9.17) is 22.1 Å². The predicted molar refractivity (Wildman–Crippen MR) is 151 cm³/mol. The Morgan fingerprint density at radius 3 is 2.56 bits per heavy atom. The molecule has 216 valence electrons. The first-order valence-corrected chi connectivity index (χ1v) is 13.6. The smallest absolute Gasteiger partial charge is 0.323 e. The molecular formula is C29H31ClFN5O5. The van der Waals surface area contributed by atoms with Crippen LogP contribution >= 0.6 is 11.6 Å². The van der Waals surface area contributed by atoms with Crippen molar-refractivity contribution in [3.05, 3.63) is 64.8 Å². The average molecular weight is 584 g/mol. The number of anilines is 1. The zero-order chi connectivity index (χ0) is 29.6. The van der Waals surface area contributed by atoms with Crippen molar-refractivity contribution in [3.63, 3.8) is 0 Å². The number of hydrogen-bond donors (Lipinski definition) is 2. The van der Waals surface area contributed by atoms with Crippen LogP contribution in [0.3, 0.4) is 0 Å². The van der Waals surface area contributed by atoms with Crippen LogP contribution in [-0.2, 0) is 27.3 Å². The number of carbonyl (C=O) groups is 4. The summed E-state index contributed by atoms with van der Waals surface area (Å²) in [5.74, 6) is -1.11. The van der Waals surface area contributed by atoms with Crippen LogP contribution in [0.1, 0.15) is 44.7 Å². The van der Waals surface area contributed by atoms with Crippen LogP contribution in [0.2, 0.25) is 5.02 Å². The van der Waals surface area contributed by atoms with E-state index in [1.165, 1.54) is 15.7 Å². The first kappa shape index (κ1) is 28.4. The van der Waals surface area contributed by atoms with Crippen molar-refractivity contribution in [2.75, 3.05) is 5.32 Å². The Hall–Kier alpha value is -4.12. The fraction of sp³-hybridized carbons (Fsp3) is 0.379. The molecule has 0 spiro atoms. The highest BCUT2D eigenvalue weighted by molar-refractivity contribution is 6.30. The van der Waals surface area contributed by atoms with Crippen LogP contribution in [0.5, 0.6) is 0 Å². The molecule has 5 rings (SSSR count). The summed E-state index contributed by atoms with van der Waals surface area (Å²) >= 11 is 5.98. The highest BCUT2D eigenvalue weighted by Gasteiger charge is 2.57. The largest absolute Gasteiger partial charge is 0.460 e. The number of likely N-dealkylation sites (tertiary alicyclic amines) is 1. The number of nitrogens with one attached hydrogen (secondary N) is 1. The quantitative estimate of drug-likeness (QED) is 0.311. The Labute approximate surface area is 241 Å². The molecule has 3 aromatic rings. The molecule has 10 nitrogen and oxygen atoms in total. The summed E-state index contributed by atoms with van der Waals surface area (Å²) in [6, 6.07) is 9.07. The number of hydrogen-bond acceptors (Lipinski definition) is 5. The van der Waals surface area contributed by atoms with Crippen LogP contribution in [0.25, 0.3) is 10.9 Å². The van der Waals surface area contributed by atoms with E-state index in [0.29, 0.717) is 39.2 Å². The first-order valence-electron chi connectivity index (χ1n) is 13.3. The molecule has 1 saturated heterocycles. The summed E-state index contributed by atoms with van der Waals surface area (Å²) in [5.41, 5.74) is 6.75. The lowest BCUT2D eigenvalue weighted by atomic mass is 10.1. The molecule has 2 fully saturated rings. The first-order chi connectivity index (χ1) is 19.3. The summed E-state index contributed by atoms with van der Waals surface area (Å²) in [7, 11) is 0. The van der Waals surface area contributed by atoms with Crippen LogP contribution in [0.15, 0.2) is 48.7 Å². The lowest BCUT2D eigenvalue weighted by Gasteiger charge is -2.28. The van der Waals surface area contributed by atoms with E-state index in [0.717, 1.165) is 6.42 Å². The molecule has 1 saturated carbocycles. The van der Waals surface area contributed by atoms with Crippen LogP contribution in [0, 0.1) is 5.92 Å². The van der Waals surface area contributed by atoms with Gasteiger partial charge in [0.05, 0.1) is 24.2 Å². The molecule has 0 bridgehead atoms.